The van der Waals surface area contributed by atoms with Crippen molar-refractivity contribution >= 4 is 17.9 Å². The van der Waals surface area contributed by atoms with Crippen LogP contribution in [-0.2, 0) is 38.1 Å². The Morgan fingerprint density at radius 1 is 1.09 bits per heavy atom. The number of aliphatic hydroxyl groups is 3. The van der Waals surface area contributed by atoms with Gasteiger partial charge in [0, 0.05) is 32.6 Å². The van der Waals surface area contributed by atoms with Gasteiger partial charge in [-0.3, -0.25) is 9.59 Å². The third-order valence-electron chi connectivity index (χ3n) is 8.99. The third kappa shape index (κ3) is 3.11. The van der Waals surface area contributed by atoms with Crippen molar-refractivity contribution in [3.05, 3.63) is 11.6 Å². The molecule has 0 radical (unpaired) electrons. The maximum atomic E-state index is 12.8. The molecule has 1 saturated carbocycles. The van der Waals surface area contributed by atoms with E-state index in [-0.39, 0.29) is 24.5 Å². The van der Waals surface area contributed by atoms with Crippen molar-refractivity contribution in [1.29, 1.82) is 0 Å². The lowest BCUT2D eigenvalue weighted by atomic mass is 9.53. The predicted octanol–water partition coefficient (Wildman–Crippen LogP) is -0.469. The smallest absolute Gasteiger partial charge is 0.342 e. The molecule has 3 saturated heterocycles. The fourth-order valence-electron chi connectivity index (χ4n) is 7.05. The van der Waals surface area contributed by atoms with E-state index >= 15 is 0 Å². The summed E-state index contributed by atoms with van der Waals surface area (Å²) in [6.45, 7) is 6.99. The maximum Gasteiger partial charge on any atom is 0.342 e. The zero-order chi connectivity index (χ0) is 25.7. The van der Waals surface area contributed by atoms with Crippen molar-refractivity contribution in [1.82, 2.24) is 0 Å². The second-order valence-electron chi connectivity index (χ2n) is 10.9. The normalized spacial score (nSPS) is 51.9. The average molecular weight is 497 g/mol. The highest BCUT2D eigenvalue weighted by atomic mass is 16.7. The van der Waals surface area contributed by atoms with Crippen molar-refractivity contribution in [3.8, 4) is 0 Å². The Hall–Kier alpha value is -2.05. The lowest BCUT2D eigenvalue weighted by Gasteiger charge is -2.53. The lowest BCUT2D eigenvalue weighted by molar-refractivity contribution is -0.208. The zero-order valence-corrected chi connectivity index (χ0v) is 20.3. The Labute approximate surface area is 202 Å². The fraction of sp³-hybridized carbons (Fsp3) is 0.792. The number of rotatable bonds is 3. The van der Waals surface area contributed by atoms with Gasteiger partial charge < -0.3 is 39.0 Å². The number of aliphatic hydroxyl groups excluding tert-OH is 3. The van der Waals surface area contributed by atoms with Crippen LogP contribution in [-0.4, -0.2) is 93.3 Å². The molecule has 11 atom stereocenters. The highest BCUT2D eigenvalue weighted by molar-refractivity contribution is 5.89. The van der Waals surface area contributed by atoms with Gasteiger partial charge in [0.1, 0.15) is 12.2 Å². The summed E-state index contributed by atoms with van der Waals surface area (Å²) in [6.07, 6.45) is -4.48. The fourth-order valence-corrected chi connectivity index (χ4v) is 7.05. The van der Waals surface area contributed by atoms with Gasteiger partial charge in [-0.25, -0.2) is 4.79 Å². The Kier molecular flexibility index (Phi) is 5.27. The van der Waals surface area contributed by atoms with E-state index in [2.05, 4.69) is 0 Å². The molecule has 11 unspecified atom stereocenters. The molecule has 11 heteroatoms. The number of fused-ring (bicyclic) bond motifs is 3. The highest BCUT2D eigenvalue weighted by Crippen LogP contribution is 2.68. The quantitative estimate of drug-likeness (QED) is 0.200. The molecule has 0 bridgehead atoms. The molecule has 0 amide bonds. The molecule has 5 rings (SSSR count). The first-order valence-electron chi connectivity index (χ1n) is 11.9. The number of hydrogen-bond acceptors (Lipinski definition) is 11. The Morgan fingerprint density at radius 3 is 2.23 bits per heavy atom. The maximum absolute atomic E-state index is 12.8. The molecule has 0 aromatic rings. The molecular weight excluding hydrogens is 464 g/mol. The molecule has 0 aromatic carbocycles. The van der Waals surface area contributed by atoms with Crippen molar-refractivity contribution in [3.63, 3.8) is 0 Å². The minimum Gasteiger partial charge on any atom is -0.462 e. The van der Waals surface area contributed by atoms with Gasteiger partial charge in [0.25, 0.3) is 0 Å². The van der Waals surface area contributed by atoms with E-state index in [0.717, 1.165) is 0 Å². The van der Waals surface area contributed by atoms with Crippen LogP contribution in [0.4, 0.5) is 0 Å². The average Bonchev–Trinajstić information content (AvgIpc) is 3.59. The number of ether oxygens (including phenoxy) is 5. The first-order chi connectivity index (χ1) is 16.3. The monoisotopic (exact) mass is 496 g/mol. The Balaban J connectivity index is 1.73. The number of hydrogen-bond donors (Lipinski definition) is 3. The van der Waals surface area contributed by atoms with Crippen molar-refractivity contribution in [2.75, 3.05) is 6.61 Å². The second kappa shape index (κ2) is 7.48. The van der Waals surface area contributed by atoms with E-state index in [1.54, 1.807) is 6.92 Å². The summed E-state index contributed by atoms with van der Waals surface area (Å²) >= 11 is 0. The van der Waals surface area contributed by atoms with Crippen LogP contribution in [0.15, 0.2) is 11.6 Å². The van der Waals surface area contributed by atoms with Crippen molar-refractivity contribution in [2.45, 2.75) is 101 Å². The molecule has 3 aliphatic heterocycles. The first-order valence-corrected chi connectivity index (χ1v) is 11.9. The van der Waals surface area contributed by atoms with Crippen molar-refractivity contribution < 1.29 is 53.4 Å². The van der Waals surface area contributed by atoms with Gasteiger partial charge >= 0.3 is 17.9 Å². The van der Waals surface area contributed by atoms with Crippen LogP contribution in [0.3, 0.4) is 0 Å². The van der Waals surface area contributed by atoms with Crippen LogP contribution < -0.4 is 0 Å². The number of epoxide rings is 2. The summed E-state index contributed by atoms with van der Waals surface area (Å²) in [4.78, 5) is 37.1. The topological polar surface area (TPSA) is 165 Å². The molecule has 35 heavy (non-hydrogen) atoms. The van der Waals surface area contributed by atoms with Gasteiger partial charge in [0.15, 0.2) is 17.3 Å². The SMILES string of the molecule is CC(=O)OC1CC(O)C(CO)=CC2OC(=O)C3(C)OC23C(O)C2C3(C)OC3CC(OC(C)=O)C12C. The molecule has 4 fully saturated rings. The molecule has 194 valence electrons. The molecular formula is C24H32O11. The van der Waals surface area contributed by atoms with Gasteiger partial charge in [0.05, 0.1) is 35.9 Å². The highest BCUT2D eigenvalue weighted by Gasteiger charge is 2.88. The largest absolute Gasteiger partial charge is 0.462 e. The Bertz CT molecular complexity index is 1010. The standard InChI is InChI=1S/C24H32O11/c1-10(26)31-14-7-13(28)12(9-25)6-17-24(23(5,35-24)20(30)33-17)19(29)18-21(14,3)15(32-11(2)27)8-16-22(18,4)34-16/h6,13-19,25,28-29H,7-9H2,1-5H3. The lowest BCUT2D eigenvalue weighted by Crippen LogP contribution is -2.66. The van der Waals surface area contributed by atoms with E-state index < -0.39 is 83.2 Å². The van der Waals surface area contributed by atoms with Crippen LogP contribution in [0.25, 0.3) is 0 Å². The van der Waals surface area contributed by atoms with Gasteiger partial charge in [-0.05, 0) is 25.5 Å². The number of carbonyl (C=O) groups excluding carboxylic acids is 3. The summed E-state index contributed by atoms with van der Waals surface area (Å²) in [5.41, 5.74) is -5.05. The van der Waals surface area contributed by atoms with Crippen LogP contribution in [0, 0.1) is 11.3 Å². The molecule has 5 aliphatic rings. The summed E-state index contributed by atoms with van der Waals surface area (Å²) in [5.74, 6) is -2.71. The van der Waals surface area contributed by atoms with Gasteiger partial charge in [-0.2, -0.15) is 0 Å². The van der Waals surface area contributed by atoms with Crippen molar-refractivity contribution in [2.24, 2.45) is 11.3 Å². The number of carbonyl (C=O) groups is 3. The minimum atomic E-state index is -1.54. The van der Waals surface area contributed by atoms with Crippen LogP contribution in [0.5, 0.6) is 0 Å². The third-order valence-corrected chi connectivity index (χ3v) is 8.99. The molecule has 0 aromatic heterocycles. The summed E-state index contributed by atoms with van der Waals surface area (Å²) in [7, 11) is 0. The van der Waals surface area contributed by atoms with E-state index in [1.807, 2.05) is 6.92 Å². The molecule has 11 nitrogen and oxygen atoms in total. The van der Waals surface area contributed by atoms with E-state index in [0.29, 0.717) is 0 Å². The van der Waals surface area contributed by atoms with E-state index in [4.69, 9.17) is 23.7 Å². The summed E-state index contributed by atoms with van der Waals surface area (Å²) < 4.78 is 29.0. The molecule has 1 spiro atoms. The van der Waals surface area contributed by atoms with E-state index in [9.17, 15) is 29.7 Å². The summed E-state index contributed by atoms with van der Waals surface area (Å²) in [6, 6.07) is 0. The predicted molar refractivity (Wildman–Crippen MR) is 115 cm³/mol. The number of esters is 3. The second-order valence-corrected chi connectivity index (χ2v) is 10.9. The molecule has 2 aliphatic carbocycles. The van der Waals surface area contributed by atoms with Gasteiger partial charge in [-0.1, -0.05) is 6.92 Å². The first kappa shape index (κ1) is 24.6. The van der Waals surface area contributed by atoms with E-state index in [1.165, 1.54) is 26.8 Å². The Morgan fingerprint density at radius 2 is 1.69 bits per heavy atom. The van der Waals surface area contributed by atoms with Gasteiger partial charge in [-0.15, -0.1) is 0 Å². The zero-order valence-electron chi connectivity index (χ0n) is 20.3. The summed E-state index contributed by atoms with van der Waals surface area (Å²) in [5, 5.41) is 33.2. The van der Waals surface area contributed by atoms with Crippen LogP contribution in [0.1, 0.15) is 47.5 Å². The van der Waals surface area contributed by atoms with Gasteiger partial charge in [0.2, 0.25) is 0 Å². The van der Waals surface area contributed by atoms with Crippen LogP contribution >= 0.6 is 0 Å². The van der Waals surface area contributed by atoms with Crippen LogP contribution in [0.2, 0.25) is 0 Å². The minimum absolute atomic E-state index is 0.125. The molecule has 3 heterocycles. The molecule has 3 N–H and O–H groups in total.